The van der Waals surface area contributed by atoms with E-state index in [9.17, 15) is 9.59 Å². The number of nitrogens with one attached hydrogen (secondary N) is 2. The Hall–Kier alpha value is -3.14. The third-order valence-corrected chi connectivity index (χ3v) is 3.89. The molecule has 4 aromatic rings. The lowest BCUT2D eigenvalue weighted by Gasteiger charge is -2.06. The van der Waals surface area contributed by atoms with Crippen LogP contribution >= 0.6 is 0 Å². The van der Waals surface area contributed by atoms with Gasteiger partial charge >= 0.3 is 0 Å². The maximum Gasteiger partial charge on any atom is 0.272 e. The highest BCUT2D eigenvalue weighted by molar-refractivity contribution is 6.05. The van der Waals surface area contributed by atoms with Crippen molar-refractivity contribution in [3.05, 3.63) is 70.6 Å². The van der Waals surface area contributed by atoms with Crippen LogP contribution in [0.1, 0.15) is 10.4 Å². The predicted octanol–water partition coefficient (Wildman–Crippen LogP) is 3.49. The molecule has 0 aliphatic carbocycles. The minimum Gasteiger partial charge on any atom is -0.357 e. The molecule has 0 bridgehead atoms. The van der Waals surface area contributed by atoms with E-state index < -0.39 is 0 Å². The zero-order valence-electron chi connectivity index (χ0n) is 11.6. The summed E-state index contributed by atoms with van der Waals surface area (Å²) in [6.07, 6.45) is 2.60. The fourth-order valence-corrected chi connectivity index (χ4v) is 2.81. The van der Waals surface area contributed by atoms with Crippen molar-refractivity contribution in [3.8, 4) is 11.1 Å². The van der Waals surface area contributed by atoms with Crippen LogP contribution < -0.4 is 5.56 Å². The number of aromatic nitrogens is 2. The molecule has 0 fully saturated rings. The summed E-state index contributed by atoms with van der Waals surface area (Å²) in [5, 5.41) is 1.87. The summed E-state index contributed by atoms with van der Waals surface area (Å²) in [6.45, 7) is 0. The second-order valence-corrected chi connectivity index (χ2v) is 5.22. The molecule has 0 saturated heterocycles. The number of hydrogen-bond donors (Lipinski definition) is 2. The maximum absolute atomic E-state index is 12.0. The topological polar surface area (TPSA) is 65.7 Å². The molecule has 106 valence electrons. The van der Waals surface area contributed by atoms with Crippen LogP contribution in [-0.4, -0.2) is 16.3 Å². The average molecular weight is 288 g/mol. The van der Waals surface area contributed by atoms with Gasteiger partial charge in [0, 0.05) is 28.0 Å². The number of fused-ring (bicyclic) bond motifs is 3. The first-order chi connectivity index (χ1) is 10.8. The van der Waals surface area contributed by atoms with Crippen LogP contribution in [0.25, 0.3) is 32.9 Å². The fourth-order valence-electron chi connectivity index (χ4n) is 2.81. The molecule has 0 unspecified atom stereocenters. The first-order valence-electron chi connectivity index (χ1n) is 6.95. The first-order valence-corrected chi connectivity index (χ1v) is 6.95. The van der Waals surface area contributed by atoms with Crippen molar-refractivity contribution in [1.29, 1.82) is 0 Å². The smallest absolute Gasteiger partial charge is 0.272 e. The Balaban J connectivity index is 2.02. The largest absolute Gasteiger partial charge is 0.357 e. The molecule has 2 aromatic carbocycles. The van der Waals surface area contributed by atoms with Gasteiger partial charge in [0.1, 0.15) is 11.8 Å². The van der Waals surface area contributed by atoms with Crippen LogP contribution in [0.15, 0.2) is 59.5 Å². The Morgan fingerprint density at radius 2 is 1.77 bits per heavy atom. The van der Waals surface area contributed by atoms with Crippen LogP contribution in [0.3, 0.4) is 0 Å². The highest BCUT2D eigenvalue weighted by Gasteiger charge is 2.07. The SMILES string of the molecule is O=Cc1cccc(-c2ccc3[nH]c(=O)c4[nH]ccc4c3c2)c1. The van der Waals surface area contributed by atoms with Gasteiger partial charge in [0.15, 0.2) is 0 Å². The number of benzene rings is 2. The summed E-state index contributed by atoms with van der Waals surface area (Å²) < 4.78 is 0. The minimum atomic E-state index is -0.122. The third-order valence-electron chi connectivity index (χ3n) is 3.89. The minimum absolute atomic E-state index is 0.122. The monoisotopic (exact) mass is 288 g/mol. The van der Waals surface area contributed by atoms with Crippen molar-refractivity contribution in [2.45, 2.75) is 0 Å². The highest BCUT2D eigenvalue weighted by atomic mass is 16.1. The Kier molecular flexibility index (Phi) is 2.69. The van der Waals surface area contributed by atoms with E-state index in [0.717, 1.165) is 33.7 Å². The molecule has 4 heteroatoms. The number of aromatic amines is 2. The van der Waals surface area contributed by atoms with Gasteiger partial charge in [-0.1, -0.05) is 24.3 Å². The normalized spacial score (nSPS) is 11.1. The van der Waals surface area contributed by atoms with Crippen molar-refractivity contribution in [2.75, 3.05) is 0 Å². The van der Waals surface area contributed by atoms with E-state index in [4.69, 9.17) is 0 Å². The number of carbonyl (C=O) groups is 1. The lowest BCUT2D eigenvalue weighted by Crippen LogP contribution is -2.05. The van der Waals surface area contributed by atoms with Crippen LogP contribution in [-0.2, 0) is 0 Å². The third kappa shape index (κ3) is 1.85. The zero-order valence-corrected chi connectivity index (χ0v) is 11.6. The molecular weight excluding hydrogens is 276 g/mol. The van der Waals surface area contributed by atoms with E-state index in [-0.39, 0.29) is 5.56 Å². The standard InChI is InChI=1S/C18H12N2O2/c21-10-11-2-1-3-12(8-11)13-4-5-16-15(9-13)14-6-7-19-17(14)18(22)20-16/h1-10,19H,(H,20,22). The van der Waals surface area contributed by atoms with E-state index in [1.165, 1.54) is 0 Å². The molecule has 4 nitrogen and oxygen atoms in total. The number of rotatable bonds is 2. The van der Waals surface area contributed by atoms with Gasteiger partial charge in [-0.3, -0.25) is 9.59 Å². The Morgan fingerprint density at radius 1 is 0.909 bits per heavy atom. The molecule has 2 N–H and O–H groups in total. The summed E-state index contributed by atoms with van der Waals surface area (Å²) in [5.41, 5.74) is 3.87. The van der Waals surface area contributed by atoms with Gasteiger partial charge < -0.3 is 9.97 Å². The van der Waals surface area contributed by atoms with E-state index in [2.05, 4.69) is 9.97 Å². The average Bonchev–Trinajstić information content (AvgIpc) is 3.05. The second-order valence-electron chi connectivity index (χ2n) is 5.22. The van der Waals surface area contributed by atoms with Gasteiger partial charge in [-0.15, -0.1) is 0 Å². The maximum atomic E-state index is 12.0. The van der Waals surface area contributed by atoms with E-state index in [1.54, 1.807) is 12.3 Å². The number of aldehydes is 1. The van der Waals surface area contributed by atoms with Crippen LogP contribution in [0.2, 0.25) is 0 Å². The van der Waals surface area contributed by atoms with Gasteiger partial charge in [0.05, 0.1) is 0 Å². The van der Waals surface area contributed by atoms with Gasteiger partial charge in [0.2, 0.25) is 0 Å². The number of H-pyrrole nitrogens is 2. The first kappa shape index (κ1) is 12.6. The number of hydrogen-bond acceptors (Lipinski definition) is 2. The molecule has 4 rings (SSSR count). The van der Waals surface area contributed by atoms with E-state index in [1.807, 2.05) is 42.5 Å². The van der Waals surface area contributed by atoms with Gasteiger partial charge in [-0.05, 0) is 35.4 Å². The summed E-state index contributed by atoms with van der Waals surface area (Å²) >= 11 is 0. The Morgan fingerprint density at radius 3 is 2.64 bits per heavy atom. The quantitative estimate of drug-likeness (QED) is 0.554. The van der Waals surface area contributed by atoms with E-state index >= 15 is 0 Å². The van der Waals surface area contributed by atoms with Crippen molar-refractivity contribution in [3.63, 3.8) is 0 Å². The van der Waals surface area contributed by atoms with Gasteiger partial charge in [-0.25, -0.2) is 0 Å². The van der Waals surface area contributed by atoms with Crippen molar-refractivity contribution >= 4 is 28.1 Å². The van der Waals surface area contributed by atoms with Crippen LogP contribution in [0, 0.1) is 0 Å². The lowest BCUT2D eigenvalue weighted by atomic mass is 10.0. The Labute approximate surface area is 125 Å². The molecule has 2 heterocycles. The summed E-state index contributed by atoms with van der Waals surface area (Å²) in [4.78, 5) is 28.7. The summed E-state index contributed by atoms with van der Waals surface area (Å²) in [6, 6.07) is 15.2. The number of pyridine rings is 1. The van der Waals surface area contributed by atoms with Crippen molar-refractivity contribution in [1.82, 2.24) is 9.97 Å². The molecule has 2 aromatic heterocycles. The molecule has 22 heavy (non-hydrogen) atoms. The van der Waals surface area contributed by atoms with Crippen molar-refractivity contribution < 1.29 is 4.79 Å². The molecule has 0 radical (unpaired) electrons. The zero-order chi connectivity index (χ0) is 15.1. The molecule has 0 aliphatic rings. The predicted molar refractivity (Wildman–Crippen MR) is 87.2 cm³/mol. The second kappa shape index (κ2) is 4.70. The lowest BCUT2D eigenvalue weighted by molar-refractivity contribution is 0.112. The van der Waals surface area contributed by atoms with Crippen LogP contribution in [0.4, 0.5) is 0 Å². The fraction of sp³-hybridized carbons (Fsp3) is 0. The molecule has 0 spiro atoms. The van der Waals surface area contributed by atoms with Gasteiger partial charge in [0.25, 0.3) is 5.56 Å². The highest BCUT2D eigenvalue weighted by Crippen LogP contribution is 2.27. The Bertz CT molecular complexity index is 1070. The van der Waals surface area contributed by atoms with Crippen molar-refractivity contribution in [2.24, 2.45) is 0 Å². The van der Waals surface area contributed by atoms with Crippen LogP contribution in [0.5, 0.6) is 0 Å². The summed E-state index contributed by atoms with van der Waals surface area (Å²) in [5.74, 6) is 0. The molecule has 0 aliphatic heterocycles. The number of carbonyl (C=O) groups excluding carboxylic acids is 1. The molecule has 0 amide bonds. The summed E-state index contributed by atoms with van der Waals surface area (Å²) in [7, 11) is 0. The van der Waals surface area contributed by atoms with Gasteiger partial charge in [-0.2, -0.15) is 0 Å². The molecule has 0 atom stereocenters. The van der Waals surface area contributed by atoms with E-state index in [0.29, 0.717) is 11.1 Å². The molecular formula is C18H12N2O2. The molecule has 0 saturated carbocycles.